The minimum absolute atomic E-state index is 0.113. The Kier molecular flexibility index (Phi) is 3.85. The SMILES string of the molecule is COC(CN)C(=O)Nc1cccc2c1N=[Se]=N2. The maximum absolute atomic E-state index is 11.8. The quantitative estimate of drug-likeness (QED) is 0.824. The topological polar surface area (TPSA) is 89.1 Å². The molecule has 1 amide bonds. The summed E-state index contributed by atoms with van der Waals surface area (Å²) in [6.45, 7) is 0.142. The maximum atomic E-state index is 11.8. The molecule has 1 atom stereocenters. The predicted octanol–water partition coefficient (Wildman–Crippen LogP) is 0.947. The molecule has 0 radical (unpaired) electrons. The zero-order valence-electron chi connectivity index (χ0n) is 9.21. The molecule has 7 heteroatoms. The van der Waals surface area contributed by atoms with Crippen molar-refractivity contribution in [1.29, 1.82) is 0 Å². The summed E-state index contributed by atoms with van der Waals surface area (Å²) in [4.78, 5) is 11.8. The van der Waals surface area contributed by atoms with Crippen molar-refractivity contribution in [2.24, 2.45) is 13.7 Å². The van der Waals surface area contributed by atoms with Crippen LogP contribution < -0.4 is 11.1 Å². The molecule has 1 aliphatic rings. The van der Waals surface area contributed by atoms with Crippen molar-refractivity contribution >= 4 is 37.5 Å². The molecule has 0 saturated heterocycles. The molecule has 0 aliphatic carbocycles. The third-order valence-corrected chi connectivity index (χ3v) is 3.47. The van der Waals surface area contributed by atoms with E-state index in [-0.39, 0.29) is 27.0 Å². The molecule has 1 unspecified atom stereocenters. The minimum atomic E-state index is -0.644. The Hall–Kier alpha value is -1.27. The van der Waals surface area contributed by atoms with E-state index in [1.165, 1.54) is 7.11 Å². The van der Waals surface area contributed by atoms with E-state index in [0.29, 0.717) is 5.69 Å². The van der Waals surface area contributed by atoms with E-state index in [0.717, 1.165) is 11.4 Å². The first kappa shape index (κ1) is 12.2. The van der Waals surface area contributed by atoms with Gasteiger partial charge in [-0.25, -0.2) is 0 Å². The van der Waals surface area contributed by atoms with Crippen molar-refractivity contribution < 1.29 is 9.53 Å². The summed E-state index contributed by atoms with van der Waals surface area (Å²) in [7, 11) is 1.45. The normalized spacial score (nSPS) is 14.0. The Labute approximate surface area is 104 Å². The Morgan fingerprint density at radius 1 is 1.59 bits per heavy atom. The first-order valence-corrected chi connectivity index (χ1v) is 6.54. The van der Waals surface area contributed by atoms with Gasteiger partial charge in [0.15, 0.2) is 0 Å². The Bertz CT molecular complexity index is 507. The summed E-state index contributed by atoms with van der Waals surface area (Å²) < 4.78 is 13.5. The summed E-state index contributed by atoms with van der Waals surface area (Å²) in [6, 6.07) is 5.50. The number of methoxy groups -OCH3 is 1. The van der Waals surface area contributed by atoms with Crippen LogP contribution in [-0.4, -0.2) is 40.2 Å². The third kappa shape index (κ3) is 2.53. The number of amides is 1. The van der Waals surface area contributed by atoms with Crippen LogP contribution in [0.5, 0.6) is 0 Å². The van der Waals surface area contributed by atoms with Gasteiger partial charge < -0.3 is 0 Å². The van der Waals surface area contributed by atoms with E-state index >= 15 is 0 Å². The fourth-order valence-electron chi connectivity index (χ4n) is 1.43. The van der Waals surface area contributed by atoms with E-state index in [1.807, 2.05) is 12.1 Å². The molecule has 1 aromatic carbocycles. The molecule has 0 fully saturated rings. The van der Waals surface area contributed by atoms with E-state index in [2.05, 4.69) is 13.2 Å². The molecule has 0 aromatic heterocycles. The molecule has 0 spiro atoms. The number of carbonyl (C=O) groups is 1. The summed E-state index contributed by atoms with van der Waals surface area (Å²) >= 11 is -0.113. The van der Waals surface area contributed by atoms with Crippen LogP contribution in [0.1, 0.15) is 0 Å². The Balaban J connectivity index is 2.18. The molecule has 0 saturated carbocycles. The first-order valence-electron chi connectivity index (χ1n) is 5.01. The van der Waals surface area contributed by atoms with Crippen LogP contribution in [0.3, 0.4) is 0 Å². The van der Waals surface area contributed by atoms with Crippen LogP contribution in [0.25, 0.3) is 0 Å². The molecule has 1 heterocycles. The Morgan fingerprint density at radius 3 is 3.12 bits per heavy atom. The van der Waals surface area contributed by atoms with Gasteiger partial charge in [-0.2, -0.15) is 0 Å². The fraction of sp³-hybridized carbons (Fsp3) is 0.300. The predicted molar refractivity (Wildman–Crippen MR) is 64.9 cm³/mol. The van der Waals surface area contributed by atoms with Crippen LogP contribution in [0.2, 0.25) is 0 Å². The number of carbonyl (C=O) groups excluding carboxylic acids is 1. The van der Waals surface area contributed by atoms with Gasteiger partial charge in [-0.15, -0.1) is 0 Å². The van der Waals surface area contributed by atoms with Gasteiger partial charge in [-0.1, -0.05) is 0 Å². The fourth-order valence-corrected chi connectivity index (χ4v) is 2.58. The van der Waals surface area contributed by atoms with E-state index in [9.17, 15) is 4.79 Å². The van der Waals surface area contributed by atoms with Crippen LogP contribution in [-0.2, 0) is 9.53 Å². The van der Waals surface area contributed by atoms with Crippen molar-refractivity contribution in [3.05, 3.63) is 18.2 Å². The standard InChI is InChI=1S/C10H12N4O2Se/c1-16-8(5-11)10(15)12-6-3-2-4-7-9(6)14-17-13-7/h2-4,8H,5,11H2,1H3,(H,12,15). The van der Waals surface area contributed by atoms with Crippen molar-refractivity contribution in [3.63, 3.8) is 0 Å². The molecular weight excluding hydrogens is 287 g/mol. The first-order chi connectivity index (χ1) is 8.26. The number of hydrogen-bond donors (Lipinski definition) is 2. The average Bonchev–Trinajstić information content (AvgIpc) is 2.80. The van der Waals surface area contributed by atoms with Crippen molar-refractivity contribution in [2.45, 2.75) is 6.10 Å². The molecule has 17 heavy (non-hydrogen) atoms. The number of nitrogens with zero attached hydrogens (tertiary/aromatic N) is 2. The van der Waals surface area contributed by atoms with Crippen LogP contribution in [0, 0.1) is 0 Å². The number of fused-ring (bicyclic) bond motifs is 1. The molecule has 6 nitrogen and oxygen atoms in total. The molecule has 3 N–H and O–H groups in total. The van der Waals surface area contributed by atoms with Crippen LogP contribution in [0.15, 0.2) is 26.1 Å². The van der Waals surface area contributed by atoms with Crippen molar-refractivity contribution in [2.75, 3.05) is 19.0 Å². The van der Waals surface area contributed by atoms with Gasteiger partial charge in [0, 0.05) is 0 Å². The monoisotopic (exact) mass is 300 g/mol. The van der Waals surface area contributed by atoms with Gasteiger partial charge in [-0.05, 0) is 0 Å². The second kappa shape index (κ2) is 5.37. The Morgan fingerprint density at radius 2 is 2.41 bits per heavy atom. The summed E-state index contributed by atoms with van der Waals surface area (Å²) in [5.74, 6) is -0.266. The number of nitrogens with two attached hydrogens (primary N) is 1. The van der Waals surface area contributed by atoms with Gasteiger partial charge in [0.25, 0.3) is 0 Å². The second-order valence-corrected chi connectivity index (χ2v) is 4.50. The summed E-state index contributed by atoms with van der Waals surface area (Å²) in [5, 5.41) is 2.76. The second-order valence-electron chi connectivity index (χ2n) is 3.39. The molecule has 2 rings (SSSR count). The van der Waals surface area contributed by atoms with Crippen molar-refractivity contribution in [3.8, 4) is 0 Å². The third-order valence-electron chi connectivity index (χ3n) is 2.33. The summed E-state index contributed by atoms with van der Waals surface area (Å²) in [5.41, 5.74) is 7.65. The number of rotatable bonds is 4. The van der Waals surface area contributed by atoms with Gasteiger partial charge in [0.1, 0.15) is 0 Å². The molecule has 90 valence electrons. The number of ether oxygens (including phenoxy) is 1. The molecule has 0 bridgehead atoms. The number of nitrogens with one attached hydrogen (secondary N) is 1. The molecule has 1 aromatic rings. The van der Waals surface area contributed by atoms with E-state index < -0.39 is 6.10 Å². The zero-order chi connectivity index (χ0) is 12.3. The molecule has 1 aliphatic heterocycles. The molecular formula is C10H12N4O2Se. The zero-order valence-corrected chi connectivity index (χ0v) is 10.9. The average molecular weight is 299 g/mol. The van der Waals surface area contributed by atoms with E-state index in [1.54, 1.807) is 6.07 Å². The van der Waals surface area contributed by atoms with Gasteiger partial charge in [0.05, 0.1) is 0 Å². The number of benzene rings is 1. The van der Waals surface area contributed by atoms with E-state index in [4.69, 9.17) is 10.5 Å². The van der Waals surface area contributed by atoms with Gasteiger partial charge in [-0.3, -0.25) is 0 Å². The van der Waals surface area contributed by atoms with Crippen LogP contribution in [0.4, 0.5) is 17.1 Å². The van der Waals surface area contributed by atoms with Crippen LogP contribution >= 0.6 is 0 Å². The summed E-state index contributed by atoms with van der Waals surface area (Å²) in [6.07, 6.45) is -0.644. The van der Waals surface area contributed by atoms with Gasteiger partial charge in [0.2, 0.25) is 0 Å². The number of anilines is 1. The van der Waals surface area contributed by atoms with Gasteiger partial charge >= 0.3 is 104 Å². The number of hydrogen-bond acceptors (Lipinski definition) is 5. The van der Waals surface area contributed by atoms with Crippen molar-refractivity contribution in [1.82, 2.24) is 0 Å².